The molecule has 3 heterocycles. The minimum Gasteiger partial charge on any atom is -0.370 e. The van der Waals surface area contributed by atoms with Crippen LogP contribution >= 0.6 is 0 Å². The van der Waals surface area contributed by atoms with E-state index in [-0.39, 0.29) is 0 Å². The number of ether oxygens (including phenoxy) is 1. The van der Waals surface area contributed by atoms with Crippen molar-refractivity contribution in [3.8, 4) is 0 Å². The van der Waals surface area contributed by atoms with Crippen LogP contribution in [0, 0.1) is 5.92 Å². The first-order valence-electron chi connectivity index (χ1n) is 6.28. The molecule has 0 amide bonds. The number of aromatic nitrogens is 2. The summed E-state index contributed by atoms with van der Waals surface area (Å²) in [6.07, 6.45) is 4.12. The Balaban J connectivity index is 1.63. The second-order valence-corrected chi connectivity index (χ2v) is 4.71. The van der Waals surface area contributed by atoms with E-state index in [9.17, 15) is 0 Å². The van der Waals surface area contributed by atoms with Gasteiger partial charge in [0, 0.05) is 12.1 Å². The summed E-state index contributed by atoms with van der Waals surface area (Å²) in [6, 6.07) is 0. The van der Waals surface area contributed by atoms with Gasteiger partial charge in [-0.2, -0.15) is 0 Å². The molecular weight excluding hydrogens is 216 g/mol. The van der Waals surface area contributed by atoms with Crippen molar-refractivity contribution in [2.45, 2.75) is 26.1 Å². The number of piperidine rings is 1. The molecule has 3 rings (SSSR count). The van der Waals surface area contributed by atoms with Gasteiger partial charge in [0.1, 0.15) is 12.1 Å². The van der Waals surface area contributed by atoms with Crippen molar-refractivity contribution < 1.29 is 4.74 Å². The van der Waals surface area contributed by atoms with E-state index in [4.69, 9.17) is 4.74 Å². The van der Waals surface area contributed by atoms with Crippen molar-refractivity contribution in [2.24, 2.45) is 5.92 Å². The topological polar surface area (TPSA) is 59.1 Å². The third-order valence-electron chi connectivity index (χ3n) is 3.54. The Labute approximate surface area is 101 Å². The molecule has 2 aliphatic heterocycles. The third-order valence-corrected chi connectivity index (χ3v) is 3.54. The van der Waals surface area contributed by atoms with Gasteiger partial charge in [-0.3, -0.25) is 0 Å². The molecule has 0 spiro atoms. The number of hydrogen-bond donors (Lipinski definition) is 2. The van der Waals surface area contributed by atoms with E-state index >= 15 is 0 Å². The SMILES string of the molecule is c1nc2c(c(NCC3CCNCC3)n1)COC2. The minimum absolute atomic E-state index is 0.625. The molecule has 0 aromatic carbocycles. The van der Waals surface area contributed by atoms with Crippen LogP contribution in [0.5, 0.6) is 0 Å². The van der Waals surface area contributed by atoms with Gasteiger partial charge in [0.05, 0.1) is 18.9 Å². The molecule has 0 unspecified atom stereocenters. The molecule has 1 saturated heterocycles. The highest BCUT2D eigenvalue weighted by molar-refractivity contribution is 5.46. The lowest BCUT2D eigenvalue weighted by molar-refractivity contribution is 0.133. The molecule has 1 fully saturated rings. The molecule has 0 atom stereocenters. The van der Waals surface area contributed by atoms with E-state index in [0.717, 1.165) is 42.6 Å². The average Bonchev–Trinajstić information content (AvgIpc) is 2.86. The van der Waals surface area contributed by atoms with Gasteiger partial charge in [0.2, 0.25) is 0 Å². The molecule has 92 valence electrons. The fourth-order valence-corrected chi connectivity index (χ4v) is 2.45. The van der Waals surface area contributed by atoms with E-state index in [2.05, 4.69) is 20.6 Å². The van der Waals surface area contributed by atoms with E-state index in [1.54, 1.807) is 6.33 Å². The Hall–Kier alpha value is -1.20. The predicted molar refractivity (Wildman–Crippen MR) is 64.6 cm³/mol. The molecule has 5 nitrogen and oxygen atoms in total. The standard InChI is InChI=1S/C12H18N4O/c1-3-13-4-2-9(1)5-14-12-10-6-17-7-11(10)15-8-16-12/h8-9,13H,1-7H2,(H,14,15,16). The maximum atomic E-state index is 5.39. The molecular formula is C12H18N4O. The molecule has 0 bridgehead atoms. The summed E-state index contributed by atoms with van der Waals surface area (Å²) in [7, 11) is 0. The average molecular weight is 234 g/mol. The number of rotatable bonds is 3. The number of anilines is 1. The highest BCUT2D eigenvalue weighted by Crippen LogP contribution is 2.23. The van der Waals surface area contributed by atoms with Crippen LogP contribution in [0.25, 0.3) is 0 Å². The van der Waals surface area contributed by atoms with Crippen molar-refractivity contribution in [2.75, 3.05) is 25.0 Å². The summed E-state index contributed by atoms with van der Waals surface area (Å²) in [4.78, 5) is 8.55. The van der Waals surface area contributed by atoms with Gasteiger partial charge in [-0.15, -0.1) is 0 Å². The van der Waals surface area contributed by atoms with Crippen LogP contribution in [0.3, 0.4) is 0 Å². The van der Waals surface area contributed by atoms with Gasteiger partial charge < -0.3 is 15.4 Å². The summed E-state index contributed by atoms with van der Waals surface area (Å²) in [5.74, 6) is 1.72. The van der Waals surface area contributed by atoms with Crippen molar-refractivity contribution >= 4 is 5.82 Å². The fraction of sp³-hybridized carbons (Fsp3) is 0.667. The Morgan fingerprint density at radius 1 is 1.29 bits per heavy atom. The largest absolute Gasteiger partial charge is 0.370 e. The second kappa shape index (κ2) is 4.98. The lowest BCUT2D eigenvalue weighted by atomic mass is 9.98. The molecule has 17 heavy (non-hydrogen) atoms. The maximum absolute atomic E-state index is 5.39. The Kier molecular flexibility index (Phi) is 3.20. The lowest BCUT2D eigenvalue weighted by Gasteiger charge is -2.23. The van der Waals surface area contributed by atoms with Crippen LogP contribution in [-0.4, -0.2) is 29.6 Å². The van der Waals surface area contributed by atoms with Crippen LogP contribution in [0.4, 0.5) is 5.82 Å². The van der Waals surface area contributed by atoms with Gasteiger partial charge in [-0.1, -0.05) is 0 Å². The van der Waals surface area contributed by atoms with Crippen molar-refractivity contribution in [3.63, 3.8) is 0 Å². The highest BCUT2D eigenvalue weighted by Gasteiger charge is 2.19. The molecule has 1 aromatic heterocycles. The molecule has 5 heteroatoms. The lowest BCUT2D eigenvalue weighted by Crippen LogP contribution is -2.31. The first-order valence-corrected chi connectivity index (χ1v) is 6.28. The maximum Gasteiger partial charge on any atom is 0.135 e. The number of fused-ring (bicyclic) bond motifs is 1. The Bertz CT molecular complexity index is 390. The van der Waals surface area contributed by atoms with Crippen LogP contribution < -0.4 is 10.6 Å². The smallest absolute Gasteiger partial charge is 0.135 e. The summed E-state index contributed by atoms with van der Waals surface area (Å²) < 4.78 is 5.39. The normalized spacial score (nSPS) is 20.2. The molecule has 0 radical (unpaired) electrons. The molecule has 2 aliphatic rings. The van der Waals surface area contributed by atoms with Crippen molar-refractivity contribution in [1.82, 2.24) is 15.3 Å². The summed E-state index contributed by atoms with van der Waals surface area (Å²) in [5, 5.41) is 6.84. The highest BCUT2D eigenvalue weighted by atomic mass is 16.5. The second-order valence-electron chi connectivity index (χ2n) is 4.71. The zero-order valence-corrected chi connectivity index (χ0v) is 9.91. The van der Waals surface area contributed by atoms with E-state index in [1.165, 1.54) is 12.8 Å². The van der Waals surface area contributed by atoms with Crippen molar-refractivity contribution in [3.05, 3.63) is 17.6 Å². The minimum atomic E-state index is 0.625. The fourth-order valence-electron chi connectivity index (χ4n) is 2.45. The van der Waals surface area contributed by atoms with Gasteiger partial charge in [0.25, 0.3) is 0 Å². The van der Waals surface area contributed by atoms with Gasteiger partial charge in [-0.25, -0.2) is 9.97 Å². The van der Waals surface area contributed by atoms with Crippen molar-refractivity contribution in [1.29, 1.82) is 0 Å². The van der Waals surface area contributed by atoms with E-state index < -0.39 is 0 Å². The predicted octanol–water partition coefficient (Wildman–Crippen LogP) is 0.918. The van der Waals surface area contributed by atoms with Crippen LogP contribution in [-0.2, 0) is 18.0 Å². The monoisotopic (exact) mass is 234 g/mol. The molecule has 2 N–H and O–H groups in total. The Morgan fingerprint density at radius 2 is 2.18 bits per heavy atom. The quantitative estimate of drug-likeness (QED) is 0.814. The van der Waals surface area contributed by atoms with Crippen LogP contribution in [0.15, 0.2) is 6.33 Å². The first-order chi connectivity index (χ1) is 8.43. The summed E-state index contributed by atoms with van der Waals surface area (Å²) >= 11 is 0. The zero-order chi connectivity index (χ0) is 11.5. The molecule has 1 aromatic rings. The number of hydrogen-bond acceptors (Lipinski definition) is 5. The Morgan fingerprint density at radius 3 is 3.06 bits per heavy atom. The first kappa shape index (κ1) is 10.9. The number of nitrogens with zero attached hydrogens (tertiary/aromatic N) is 2. The van der Waals surface area contributed by atoms with Crippen LogP contribution in [0.2, 0.25) is 0 Å². The van der Waals surface area contributed by atoms with Gasteiger partial charge in [0.15, 0.2) is 0 Å². The van der Waals surface area contributed by atoms with Gasteiger partial charge in [-0.05, 0) is 31.8 Å². The summed E-state index contributed by atoms with van der Waals surface area (Å²) in [5.41, 5.74) is 2.18. The van der Waals surface area contributed by atoms with Crippen LogP contribution in [0.1, 0.15) is 24.1 Å². The summed E-state index contributed by atoms with van der Waals surface area (Å²) in [6.45, 7) is 4.55. The third kappa shape index (κ3) is 2.40. The molecule has 0 aliphatic carbocycles. The number of nitrogens with one attached hydrogen (secondary N) is 2. The van der Waals surface area contributed by atoms with Gasteiger partial charge >= 0.3 is 0 Å². The molecule has 0 saturated carbocycles. The zero-order valence-electron chi connectivity index (χ0n) is 9.91. The van der Waals surface area contributed by atoms with E-state index in [0.29, 0.717) is 13.2 Å². The van der Waals surface area contributed by atoms with E-state index in [1.807, 2.05) is 0 Å².